The zero-order chi connectivity index (χ0) is 9.23. The van der Waals surface area contributed by atoms with Gasteiger partial charge in [-0.05, 0) is 19.8 Å². The zero-order valence-corrected chi connectivity index (χ0v) is 8.21. The highest BCUT2D eigenvalue weighted by Gasteiger charge is 1.92. The molecule has 0 aliphatic carbocycles. The normalized spacial score (nSPS) is 10.2. The molecule has 0 amide bonds. The molecule has 0 spiro atoms. The van der Waals surface area contributed by atoms with Gasteiger partial charge in [-0.25, -0.2) is 0 Å². The van der Waals surface area contributed by atoms with Crippen LogP contribution in [0.15, 0.2) is 25.1 Å². The predicted octanol–water partition coefficient (Wildman–Crippen LogP) is 1.97. The first-order valence-electron chi connectivity index (χ1n) is 4.54. The summed E-state index contributed by atoms with van der Waals surface area (Å²) < 4.78 is 0. The van der Waals surface area contributed by atoms with Crippen LogP contribution in [0.1, 0.15) is 19.8 Å². The maximum atomic E-state index is 3.70. The van der Waals surface area contributed by atoms with Gasteiger partial charge in [-0.2, -0.15) is 0 Å². The summed E-state index contributed by atoms with van der Waals surface area (Å²) in [6, 6.07) is 0. The molecule has 0 aromatic heterocycles. The Morgan fingerprint density at radius 2 is 2.25 bits per heavy atom. The van der Waals surface area contributed by atoms with Gasteiger partial charge in [-0.15, -0.1) is 6.58 Å². The summed E-state index contributed by atoms with van der Waals surface area (Å²) in [7, 11) is 1.91. The minimum absolute atomic E-state index is 1.06. The van der Waals surface area contributed by atoms with Gasteiger partial charge in [0.2, 0.25) is 0 Å². The molecule has 0 rings (SSSR count). The van der Waals surface area contributed by atoms with E-state index in [0.29, 0.717) is 0 Å². The van der Waals surface area contributed by atoms with Gasteiger partial charge >= 0.3 is 0 Å². The van der Waals surface area contributed by atoms with E-state index in [9.17, 15) is 0 Å². The van der Waals surface area contributed by atoms with E-state index in [1.165, 1.54) is 6.42 Å². The van der Waals surface area contributed by atoms with Gasteiger partial charge in [0.15, 0.2) is 0 Å². The first-order chi connectivity index (χ1) is 5.85. The van der Waals surface area contributed by atoms with Crippen molar-refractivity contribution in [2.24, 2.45) is 0 Å². The third-order valence-corrected chi connectivity index (χ3v) is 1.71. The van der Waals surface area contributed by atoms with Crippen molar-refractivity contribution in [3.8, 4) is 0 Å². The van der Waals surface area contributed by atoms with Crippen molar-refractivity contribution in [1.82, 2.24) is 10.2 Å². The molecule has 0 fully saturated rings. The maximum Gasteiger partial charge on any atom is 0.0175 e. The fourth-order valence-electron chi connectivity index (χ4n) is 0.957. The maximum absolute atomic E-state index is 3.70. The summed E-state index contributed by atoms with van der Waals surface area (Å²) in [6.45, 7) is 8.03. The van der Waals surface area contributed by atoms with Gasteiger partial charge in [0.25, 0.3) is 0 Å². The number of unbranched alkanes of at least 4 members (excludes halogenated alkanes) is 1. The molecule has 0 saturated heterocycles. The van der Waals surface area contributed by atoms with Gasteiger partial charge in [0.05, 0.1) is 0 Å². The minimum atomic E-state index is 1.06. The number of nitrogens with one attached hydrogen (secondary N) is 1. The van der Waals surface area contributed by atoms with Crippen molar-refractivity contribution in [3.05, 3.63) is 25.1 Å². The molecule has 70 valence electrons. The first-order valence-corrected chi connectivity index (χ1v) is 4.54. The first kappa shape index (κ1) is 11.1. The van der Waals surface area contributed by atoms with E-state index < -0.39 is 0 Å². The molecule has 0 radical (unpaired) electrons. The number of allylic oxidation sites excluding steroid dienone is 1. The average molecular weight is 168 g/mol. The third kappa shape index (κ3) is 5.83. The Bertz CT molecular complexity index is 130. The van der Waals surface area contributed by atoms with Crippen LogP contribution in [0.2, 0.25) is 0 Å². The average Bonchev–Trinajstić information content (AvgIpc) is 2.11. The number of rotatable bonds is 7. The van der Waals surface area contributed by atoms with E-state index in [0.717, 1.165) is 19.5 Å². The molecule has 0 aliphatic rings. The van der Waals surface area contributed by atoms with Crippen molar-refractivity contribution in [2.75, 3.05) is 20.1 Å². The summed E-state index contributed by atoms with van der Waals surface area (Å²) in [5, 5.41) is 2.98. The highest BCUT2D eigenvalue weighted by atomic mass is 15.1. The minimum Gasteiger partial charge on any atom is -0.393 e. The largest absolute Gasteiger partial charge is 0.393 e. The topological polar surface area (TPSA) is 15.3 Å². The lowest BCUT2D eigenvalue weighted by Gasteiger charge is -2.17. The monoisotopic (exact) mass is 168 g/mol. The van der Waals surface area contributed by atoms with Crippen molar-refractivity contribution in [1.29, 1.82) is 0 Å². The van der Waals surface area contributed by atoms with Crippen molar-refractivity contribution < 1.29 is 0 Å². The fraction of sp³-hybridized carbons (Fsp3) is 0.600. The molecule has 0 aromatic carbocycles. The molecular weight excluding hydrogens is 148 g/mol. The van der Waals surface area contributed by atoms with Gasteiger partial charge in [-0.3, -0.25) is 0 Å². The van der Waals surface area contributed by atoms with Crippen LogP contribution in [-0.2, 0) is 0 Å². The highest BCUT2D eigenvalue weighted by molar-refractivity contribution is 4.79. The SMILES string of the molecule is C=CCCCN(/C=C\NC)CC. The van der Waals surface area contributed by atoms with Crippen molar-refractivity contribution in [2.45, 2.75) is 19.8 Å². The summed E-state index contributed by atoms with van der Waals surface area (Å²) in [4.78, 5) is 2.28. The molecule has 0 unspecified atom stereocenters. The molecule has 0 atom stereocenters. The van der Waals surface area contributed by atoms with Crippen LogP contribution in [0.3, 0.4) is 0 Å². The van der Waals surface area contributed by atoms with Crippen LogP contribution in [0, 0.1) is 0 Å². The Morgan fingerprint density at radius 3 is 2.75 bits per heavy atom. The molecule has 0 aliphatic heterocycles. The van der Waals surface area contributed by atoms with E-state index >= 15 is 0 Å². The Balaban J connectivity index is 3.52. The van der Waals surface area contributed by atoms with Gasteiger partial charge in [0, 0.05) is 32.5 Å². The second kappa shape index (κ2) is 8.18. The smallest absolute Gasteiger partial charge is 0.0175 e. The quantitative estimate of drug-likeness (QED) is 0.462. The number of nitrogens with zero attached hydrogens (tertiary/aromatic N) is 1. The van der Waals surface area contributed by atoms with Crippen molar-refractivity contribution in [3.63, 3.8) is 0 Å². The highest BCUT2D eigenvalue weighted by Crippen LogP contribution is 1.95. The molecule has 0 heterocycles. The van der Waals surface area contributed by atoms with E-state index in [2.05, 4.69) is 29.9 Å². The van der Waals surface area contributed by atoms with Crippen LogP contribution in [0.5, 0.6) is 0 Å². The number of hydrogen-bond acceptors (Lipinski definition) is 2. The Morgan fingerprint density at radius 1 is 1.50 bits per heavy atom. The van der Waals surface area contributed by atoms with Crippen LogP contribution in [0.4, 0.5) is 0 Å². The van der Waals surface area contributed by atoms with E-state index in [4.69, 9.17) is 0 Å². The lowest BCUT2D eigenvalue weighted by molar-refractivity contribution is 0.388. The summed E-state index contributed by atoms with van der Waals surface area (Å²) in [5.41, 5.74) is 0. The lowest BCUT2D eigenvalue weighted by atomic mass is 10.3. The molecular formula is C10H20N2. The standard InChI is InChI=1S/C10H20N2/c1-4-6-7-9-12(5-2)10-8-11-3/h4,8,10-11H,1,5-7,9H2,2-3H3/b10-8-. The molecule has 2 heteroatoms. The molecule has 1 N–H and O–H groups in total. The van der Waals surface area contributed by atoms with Crippen LogP contribution in [0.25, 0.3) is 0 Å². The predicted molar refractivity (Wildman–Crippen MR) is 54.9 cm³/mol. The van der Waals surface area contributed by atoms with Gasteiger partial charge in [-0.1, -0.05) is 6.08 Å². The van der Waals surface area contributed by atoms with Crippen LogP contribution >= 0.6 is 0 Å². The third-order valence-electron chi connectivity index (χ3n) is 1.71. The lowest BCUT2D eigenvalue weighted by Crippen LogP contribution is -2.18. The second-order valence-corrected chi connectivity index (χ2v) is 2.66. The van der Waals surface area contributed by atoms with E-state index in [-0.39, 0.29) is 0 Å². The Kier molecular flexibility index (Phi) is 7.55. The van der Waals surface area contributed by atoms with Crippen LogP contribution < -0.4 is 5.32 Å². The molecule has 0 saturated carbocycles. The molecule has 2 nitrogen and oxygen atoms in total. The molecule has 0 bridgehead atoms. The summed E-state index contributed by atoms with van der Waals surface area (Å²) in [6.07, 6.45) is 8.30. The van der Waals surface area contributed by atoms with Crippen LogP contribution in [-0.4, -0.2) is 25.0 Å². The van der Waals surface area contributed by atoms with E-state index in [1.807, 2.05) is 19.3 Å². The molecule has 12 heavy (non-hydrogen) atoms. The Labute approximate surface area is 76.0 Å². The summed E-state index contributed by atoms with van der Waals surface area (Å²) >= 11 is 0. The fourth-order valence-corrected chi connectivity index (χ4v) is 0.957. The molecule has 0 aromatic rings. The summed E-state index contributed by atoms with van der Waals surface area (Å²) in [5.74, 6) is 0. The Hall–Kier alpha value is -0.920. The zero-order valence-electron chi connectivity index (χ0n) is 8.21. The van der Waals surface area contributed by atoms with E-state index in [1.54, 1.807) is 0 Å². The van der Waals surface area contributed by atoms with Gasteiger partial charge < -0.3 is 10.2 Å². The second-order valence-electron chi connectivity index (χ2n) is 2.66. The van der Waals surface area contributed by atoms with Crippen molar-refractivity contribution >= 4 is 0 Å². The number of hydrogen-bond donors (Lipinski definition) is 1. The van der Waals surface area contributed by atoms with Gasteiger partial charge in [0.1, 0.15) is 0 Å².